The first-order valence-electron chi connectivity index (χ1n) is 4.54. The molecule has 0 saturated heterocycles. The van der Waals surface area contributed by atoms with Crippen LogP contribution in [-0.2, 0) is 11.2 Å². The van der Waals surface area contributed by atoms with Gasteiger partial charge in [0.15, 0.2) is 0 Å². The lowest BCUT2D eigenvalue weighted by atomic mass is 9.94. The van der Waals surface area contributed by atoms with Crippen molar-refractivity contribution in [1.82, 2.24) is 5.32 Å². The third-order valence-electron chi connectivity index (χ3n) is 2.51. The van der Waals surface area contributed by atoms with Crippen molar-refractivity contribution < 1.29 is 14.3 Å². The maximum Gasteiger partial charge on any atom is 0.325 e. The third-order valence-corrected chi connectivity index (χ3v) is 3.25. The maximum absolute atomic E-state index is 13.5. The van der Waals surface area contributed by atoms with E-state index >= 15 is 0 Å². The fourth-order valence-electron chi connectivity index (χ4n) is 1.83. The van der Waals surface area contributed by atoms with Crippen molar-refractivity contribution in [3.8, 4) is 0 Å². The van der Waals surface area contributed by atoms with Crippen LogP contribution in [0.2, 0.25) is 0 Å². The van der Waals surface area contributed by atoms with Crippen molar-refractivity contribution in [2.45, 2.75) is 12.5 Å². The number of rotatable bonds is 1. The smallest absolute Gasteiger partial charge is 0.325 e. The van der Waals surface area contributed by atoms with Gasteiger partial charge in [-0.2, -0.15) is 0 Å². The van der Waals surface area contributed by atoms with E-state index in [9.17, 15) is 9.18 Å². The first-order chi connectivity index (χ1) is 7.11. The van der Waals surface area contributed by atoms with E-state index in [1.807, 2.05) is 0 Å². The fourth-order valence-corrected chi connectivity index (χ4v) is 2.37. The average Bonchev–Trinajstić information content (AvgIpc) is 2.23. The zero-order valence-corrected chi connectivity index (χ0v) is 9.34. The van der Waals surface area contributed by atoms with Crippen molar-refractivity contribution >= 4 is 21.9 Å². The summed E-state index contributed by atoms with van der Waals surface area (Å²) in [6, 6.07) is 1.95. The van der Waals surface area contributed by atoms with Gasteiger partial charge < -0.3 is 10.4 Å². The van der Waals surface area contributed by atoms with Crippen LogP contribution < -0.4 is 5.32 Å². The van der Waals surface area contributed by atoms with E-state index in [1.54, 1.807) is 6.07 Å². The van der Waals surface area contributed by atoms with Crippen molar-refractivity contribution in [2.24, 2.45) is 0 Å². The first-order valence-corrected chi connectivity index (χ1v) is 5.33. The molecule has 1 aromatic rings. The highest BCUT2D eigenvalue weighted by molar-refractivity contribution is 9.10. The number of benzene rings is 1. The Labute approximate surface area is 94.4 Å². The second-order valence-corrected chi connectivity index (χ2v) is 4.25. The standard InChI is InChI=1S/C10H9BrFNO2/c11-6-1-2-7(12)8-5(6)3-4-13-9(8)10(14)15/h1-2,9,13H,3-4H2,(H,14,15). The Bertz CT molecular complexity index is 422. The van der Waals surface area contributed by atoms with Crippen LogP contribution >= 0.6 is 15.9 Å². The highest BCUT2D eigenvalue weighted by Gasteiger charge is 2.29. The summed E-state index contributed by atoms with van der Waals surface area (Å²) in [4.78, 5) is 10.9. The van der Waals surface area contributed by atoms with E-state index in [0.29, 0.717) is 13.0 Å². The van der Waals surface area contributed by atoms with E-state index in [2.05, 4.69) is 21.2 Å². The van der Waals surface area contributed by atoms with Gasteiger partial charge in [-0.05, 0) is 24.1 Å². The molecule has 80 valence electrons. The van der Waals surface area contributed by atoms with Gasteiger partial charge >= 0.3 is 5.97 Å². The second kappa shape index (κ2) is 3.90. The van der Waals surface area contributed by atoms with Crippen LogP contribution in [0.15, 0.2) is 16.6 Å². The Morgan fingerprint density at radius 2 is 2.33 bits per heavy atom. The molecule has 0 spiro atoms. The molecule has 2 rings (SSSR count). The number of fused-ring (bicyclic) bond motifs is 1. The summed E-state index contributed by atoms with van der Waals surface area (Å²) in [6.07, 6.45) is 0.636. The van der Waals surface area contributed by atoms with Gasteiger partial charge in [0.25, 0.3) is 0 Å². The van der Waals surface area contributed by atoms with E-state index in [-0.39, 0.29) is 5.56 Å². The predicted molar refractivity (Wildman–Crippen MR) is 56.2 cm³/mol. The maximum atomic E-state index is 13.5. The van der Waals surface area contributed by atoms with Crippen molar-refractivity contribution in [2.75, 3.05) is 6.54 Å². The molecule has 5 heteroatoms. The van der Waals surface area contributed by atoms with Crippen LogP contribution in [0.25, 0.3) is 0 Å². The van der Waals surface area contributed by atoms with Crippen LogP contribution in [0.5, 0.6) is 0 Å². The molecule has 0 aromatic heterocycles. The first kappa shape index (κ1) is 10.6. The number of carbonyl (C=O) groups is 1. The predicted octanol–water partition coefficient (Wildman–Crippen LogP) is 1.86. The summed E-state index contributed by atoms with van der Waals surface area (Å²) in [5.74, 6) is -1.51. The minimum Gasteiger partial charge on any atom is -0.480 e. The molecule has 15 heavy (non-hydrogen) atoms. The summed E-state index contributed by atoms with van der Waals surface area (Å²) in [5, 5.41) is 11.7. The molecule has 0 fully saturated rings. The Morgan fingerprint density at radius 3 is 3.00 bits per heavy atom. The van der Waals surface area contributed by atoms with Gasteiger partial charge in [0.05, 0.1) is 0 Å². The highest BCUT2D eigenvalue weighted by atomic mass is 79.9. The van der Waals surface area contributed by atoms with Crippen LogP contribution in [0.1, 0.15) is 17.2 Å². The molecule has 0 aliphatic carbocycles. The van der Waals surface area contributed by atoms with Crippen LogP contribution in [0.3, 0.4) is 0 Å². The van der Waals surface area contributed by atoms with Crippen LogP contribution in [-0.4, -0.2) is 17.6 Å². The summed E-state index contributed by atoms with van der Waals surface area (Å²) in [7, 11) is 0. The lowest BCUT2D eigenvalue weighted by molar-refractivity contribution is -0.139. The minimum absolute atomic E-state index is 0.253. The van der Waals surface area contributed by atoms with E-state index in [0.717, 1.165) is 10.0 Å². The van der Waals surface area contributed by atoms with Gasteiger partial charge in [-0.25, -0.2) is 4.39 Å². The molecule has 0 radical (unpaired) electrons. The summed E-state index contributed by atoms with van der Waals surface area (Å²) in [6.45, 7) is 0.548. The van der Waals surface area contributed by atoms with Gasteiger partial charge in [0.1, 0.15) is 11.9 Å². The Kier molecular flexibility index (Phi) is 2.75. The normalized spacial score (nSPS) is 19.7. The molecule has 1 heterocycles. The van der Waals surface area contributed by atoms with Crippen LogP contribution in [0.4, 0.5) is 4.39 Å². The molecule has 1 atom stereocenters. The molecular weight excluding hydrogens is 265 g/mol. The largest absolute Gasteiger partial charge is 0.480 e. The SMILES string of the molecule is O=C(O)C1NCCc2c(Br)ccc(F)c21. The van der Waals surface area contributed by atoms with Crippen molar-refractivity contribution in [3.63, 3.8) is 0 Å². The number of carboxylic acids is 1. The summed E-state index contributed by atoms with van der Waals surface area (Å²) < 4.78 is 14.3. The molecule has 0 bridgehead atoms. The molecule has 0 amide bonds. The van der Waals surface area contributed by atoms with Gasteiger partial charge in [-0.3, -0.25) is 4.79 Å². The zero-order chi connectivity index (χ0) is 11.0. The lowest BCUT2D eigenvalue weighted by Crippen LogP contribution is -2.36. The zero-order valence-electron chi connectivity index (χ0n) is 7.76. The van der Waals surface area contributed by atoms with E-state index < -0.39 is 17.8 Å². The van der Waals surface area contributed by atoms with Crippen molar-refractivity contribution in [1.29, 1.82) is 0 Å². The van der Waals surface area contributed by atoms with Crippen LogP contribution in [0, 0.1) is 5.82 Å². The van der Waals surface area contributed by atoms with Crippen molar-refractivity contribution in [3.05, 3.63) is 33.5 Å². The Hall–Kier alpha value is -0.940. The van der Waals surface area contributed by atoms with E-state index in [1.165, 1.54) is 6.07 Å². The number of aliphatic carboxylic acids is 1. The number of hydrogen-bond acceptors (Lipinski definition) is 2. The average molecular weight is 274 g/mol. The number of carboxylic acid groups (broad SMARTS) is 1. The summed E-state index contributed by atoms with van der Waals surface area (Å²) >= 11 is 3.31. The Morgan fingerprint density at radius 1 is 1.60 bits per heavy atom. The molecule has 1 aliphatic heterocycles. The summed E-state index contributed by atoms with van der Waals surface area (Å²) in [5.41, 5.74) is 1.00. The number of nitrogens with one attached hydrogen (secondary N) is 1. The lowest BCUT2D eigenvalue weighted by Gasteiger charge is -2.25. The van der Waals surface area contributed by atoms with Gasteiger partial charge in [-0.1, -0.05) is 15.9 Å². The quantitative estimate of drug-likeness (QED) is 0.821. The number of hydrogen-bond donors (Lipinski definition) is 2. The minimum atomic E-state index is -1.05. The van der Waals surface area contributed by atoms with E-state index in [4.69, 9.17) is 5.11 Å². The molecular formula is C10H9BrFNO2. The molecule has 0 saturated carbocycles. The van der Waals surface area contributed by atoms with Gasteiger partial charge in [-0.15, -0.1) is 0 Å². The molecule has 3 nitrogen and oxygen atoms in total. The van der Waals surface area contributed by atoms with Gasteiger partial charge in [0, 0.05) is 16.6 Å². The Balaban J connectivity index is 2.59. The fraction of sp³-hybridized carbons (Fsp3) is 0.300. The highest BCUT2D eigenvalue weighted by Crippen LogP contribution is 2.31. The second-order valence-electron chi connectivity index (χ2n) is 3.40. The number of halogens is 2. The molecule has 1 aliphatic rings. The molecule has 2 N–H and O–H groups in total. The molecule has 1 unspecified atom stereocenters. The third kappa shape index (κ3) is 1.77. The monoisotopic (exact) mass is 273 g/mol. The van der Waals surface area contributed by atoms with Gasteiger partial charge in [0.2, 0.25) is 0 Å². The molecule has 1 aromatic carbocycles. The topological polar surface area (TPSA) is 49.3 Å².